The summed E-state index contributed by atoms with van der Waals surface area (Å²) in [6.07, 6.45) is 3.64. The molecule has 4 heteroatoms. The van der Waals surface area contributed by atoms with Crippen molar-refractivity contribution in [3.8, 4) is 0 Å². The number of aliphatic hydroxyl groups is 1. The van der Waals surface area contributed by atoms with E-state index in [2.05, 4.69) is 24.0 Å². The quantitative estimate of drug-likeness (QED) is 0.845. The van der Waals surface area contributed by atoms with Gasteiger partial charge in [-0.05, 0) is 30.6 Å². The summed E-state index contributed by atoms with van der Waals surface area (Å²) in [5, 5.41) is 13.8. The van der Waals surface area contributed by atoms with Crippen LogP contribution in [0.5, 0.6) is 0 Å². The van der Waals surface area contributed by atoms with Crippen LogP contribution in [0.2, 0.25) is 0 Å². The first-order chi connectivity index (χ1) is 7.56. The van der Waals surface area contributed by atoms with Crippen LogP contribution in [0.15, 0.2) is 4.52 Å². The lowest BCUT2D eigenvalue weighted by Gasteiger charge is -2.03. The molecule has 88 valence electrons. The molecule has 2 unspecified atom stereocenters. The van der Waals surface area contributed by atoms with Gasteiger partial charge in [-0.3, -0.25) is 0 Å². The molecule has 0 spiro atoms. The van der Waals surface area contributed by atoms with E-state index in [1.807, 2.05) is 0 Å². The van der Waals surface area contributed by atoms with Gasteiger partial charge in [0.15, 0.2) is 5.82 Å². The van der Waals surface area contributed by atoms with Gasteiger partial charge in [-0.15, -0.1) is 0 Å². The summed E-state index contributed by atoms with van der Waals surface area (Å²) in [4.78, 5) is 4.38. The monoisotopic (exact) mass is 222 g/mol. The Morgan fingerprint density at radius 3 is 2.75 bits per heavy atom. The van der Waals surface area contributed by atoms with Crippen molar-refractivity contribution in [2.75, 3.05) is 0 Å². The van der Waals surface area contributed by atoms with Crippen LogP contribution in [-0.2, 0) is 6.42 Å². The first-order valence-corrected chi connectivity index (χ1v) is 6.07. The highest BCUT2D eigenvalue weighted by Crippen LogP contribution is 2.57. The number of aliphatic hydroxyl groups excluding tert-OH is 1. The molecular weight excluding hydrogens is 204 g/mol. The molecular formula is C12H18N2O2. The van der Waals surface area contributed by atoms with Gasteiger partial charge in [0.2, 0.25) is 5.89 Å². The maximum atomic E-state index is 9.78. The van der Waals surface area contributed by atoms with Gasteiger partial charge >= 0.3 is 0 Å². The summed E-state index contributed by atoms with van der Waals surface area (Å²) in [7, 11) is 0. The minimum absolute atomic E-state index is 0.291. The minimum Gasteiger partial charge on any atom is -0.392 e. The van der Waals surface area contributed by atoms with Crippen LogP contribution >= 0.6 is 0 Å². The molecule has 1 aromatic rings. The molecule has 2 aliphatic carbocycles. The van der Waals surface area contributed by atoms with Gasteiger partial charge in [0.05, 0.1) is 12.5 Å². The van der Waals surface area contributed by atoms with Crippen molar-refractivity contribution in [3.05, 3.63) is 11.7 Å². The Bertz CT molecular complexity index is 395. The van der Waals surface area contributed by atoms with E-state index in [1.54, 1.807) is 0 Å². The van der Waals surface area contributed by atoms with Crippen molar-refractivity contribution in [2.24, 2.45) is 11.3 Å². The number of hydrogen-bond donors (Lipinski definition) is 1. The lowest BCUT2D eigenvalue weighted by molar-refractivity contribution is 0.140. The predicted molar refractivity (Wildman–Crippen MR) is 57.9 cm³/mol. The van der Waals surface area contributed by atoms with E-state index in [4.69, 9.17) is 4.52 Å². The molecule has 2 saturated carbocycles. The summed E-state index contributed by atoms with van der Waals surface area (Å²) in [6.45, 7) is 4.43. The van der Waals surface area contributed by atoms with Crippen LogP contribution in [0.1, 0.15) is 50.7 Å². The highest BCUT2D eigenvalue weighted by Gasteiger charge is 2.49. The minimum atomic E-state index is -0.291. The van der Waals surface area contributed by atoms with E-state index in [0.717, 1.165) is 25.1 Å². The molecule has 2 fully saturated rings. The summed E-state index contributed by atoms with van der Waals surface area (Å²) in [6, 6.07) is 0. The molecule has 16 heavy (non-hydrogen) atoms. The van der Waals surface area contributed by atoms with Gasteiger partial charge in [0, 0.05) is 5.92 Å². The maximum absolute atomic E-state index is 9.78. The lowest BCUT2D eigenvalue weighted by atomic mass is 10.1. The Hall–Kier alpha value is -0.900. The third-order valence-electron chi connectivity index (χ3n) is 3.86. The van der Waals surface area contributed by atoms with Crippen LogP contribution in [0.25, 0.3) is 0 Å². The number of rotatable bonds is 4. The SMILES string of the molecule is CC1(C)CC1c1noc(CC(O)C2CC2)n1. The fourth-order valence-electron chi connectivity index (χ4n) is 2.23. The van der Waals surface area contributed by atoms with E-state index in [9.17, 15) is 5.11 Å². The molecule has 1 aromatic heterocycles. The highest BCUT2D eigenvalue weighted by molar-refractivity contribution is 5.14. The Morgan fingerprint density at radius 2 is 2.19 bits per heavy atom. The molecule has 0 aliphatic heterocycles. The van der Waals surface area contributed by atoms with Gasteiger partial charge in [0.1, 0.15) is 0 Å². The second-order valence-electron chi connectivity index (χ2n) is 5.90. The fraction of sp³-hybridized carbons (Fsp3) is 0.833. The zero-order valence-electron chi connectivity index (χ0n) is 9.81. The predicted octanol–water partition coefficient (Wildman–Crippen LogP) is 1.90. The normalized spacial score (nSPS) is 29.1. The Labute approximate surface area is 95.0 Å². The van der Waals surface area contributed by atoms with Crippen molar-refractivity contribution in [1.82, 2.24) is 10.1 Å². The lowest BCUT2D eigenvalue weighted by Crippen LogP contribution is -2.12. The number of nitrogens with zero attached hydrogens (tertiary/aromatic N) is 2. The summed E-state index contributed by atoms with van der Waals surface area (Å²) in [5.41, 5.74) is 0.330. The smallest absolute Gasteiger partial charge is 0.229 e. The van der Waals surface area contributed by atoms with Crippen LogP contribution in [0.4, 0.5) is 0 Å². The number of aromatic nitrogens is 2. The summed E-state index contributed by atoms with van der Waals surface area (Å²) < 4.78 is 5.19. The second-order valence-corrected chi connectivity index (χ2v) is 5.90. The Balaban J connectivity index is 1.64. The van der Waals surface area contributed by atoms with Crippen LogP contribution < -0.4 is 0 Å². The van der Waals surface area contributed by atoms with Gasteiger partial charge in [-0.2, -0.15) is 4.98 Å². The van der Waals surface area contributed by atoms with Crippen LogP contribution in [-0.4, -0.2) is 21.4 Å². The fourth-order valence-corrected chi connectivity index (χ4v) is 2.23. The molecule has 2 aliphatic rings. The standard InChI is InChI=1S/C12H18N2O2/c1-12(2)6-8(12)11-13-10(16-14-11)5-9(15)7-3-4-7/h7-9,15H,3-6H2,1-2H3. The second kappa shape index (κ2) is 3.29. The van der Waals surface area contributed by atoms with Crippen LogP contribution in [0, 0.1) is 11.3 Å². The Morgan fingerprint density at radius 1 is 1.50 bits per heavy atom. The van der Waals surface area contributed by atoms with Gasteiger partial charge in [-0.25, -0.2) is 0 Å². The van der Waals surface area contributed by atoms with E-state index < -0.39 is 0 Å². The van der Waals surface area contributed by atoms with E-state index in [0.29, 0.717) is 29.6 Å². The Kier molecular flexibility index (Phi) is 2.11. The zero-order chi connectivity index (χ0) is 11.3. The maximum Gasteiger partial charge on any atom is 0.229 e. The zero-order valence-corrected chi connectivity index (χ0v) is 9.81. The van der Waals surface area contributed by atoms with Gasteiger partial charge in [-0.1, -0.05) is 19.0 Å². The topological polar surface area (TPSA) is 59.2 Å². The molecule has 0 saturated heterocycles. The third-order valence-corrected chi connectivity index (χ3v) is 3.86. The van der Waals surface area contributed by atoms with E-state index >= 15 is 0 Å². The van der Waals surface area contributed by atoms with Crippen LogP contribution in [0.3, 0.4) is 0 Å². The van der Waals surface area contributed by atoms with Gasteiger partial charge in [0.25, 0.3) is 0 Å². The first kappa shape index (κ1) is 10.3. The third kappa shape index (κ3) is 1.86. The number of hydrogen-bond acceptors (Lipinski definition) is 4. The van der Waals surface area contributed by atoms with Crippen molar-refractivity contribution >= 4 is 0 Å². The van der Waals surface area contributed by atoms with Crippen molar-refractivity contribution in [3.63, 3.8) is 0 Å². The molecule has 3 rings (SSSR count). The summed E-state index contributed by atoms with van der Waals surface area (Å²) >= 11 is 0. The molecule has 2 atom stereocenters. The van der Waals surface area contributed by atoms with Crippen molar-refractivity contribution in [2.45, 2.75) is 51.6 Å². The average molecular weight is 222 g/mol. The largest absolute Gasteiger partial charge is 0.392 e. The molecule has 0 aromatic carbocycles. The van der Waals surface area contributed by atoms with Crippen molar-refractivity contribution in [1.29, 1.82) is 0 Å². The molecule has 0 amide bonds. The molecule has 1 N–H and O–H groups in total. The molecule has 4 nitrogen and oxygen atoms in total. The molecule has 0 bridgehead atoms. The highest BCUT2D eigenvalue weighted by atomic mass is 16.5. The molecule has 1 heterocycles. The first-order valence-electron chi connectivity index (χ1n) is 6.07. The average Bonchev–Trinajstić information content (AvgIpc) is 3.09. The van der Waals surface area contributed by atoms with E-state index in [1.165, 1.54) is 0 Å². The molecule has 0 radical (unpaired) electrons. The van der Waals surface area contributed by atoms with Crippen molar-refractivity contribution < 1.29 is 9.63 Å². The van der Waals surface area contributed by atoms with E-state index in [-0.39, 0.29) is 6.10 Å². The van der Waals surface area contributed by atoms with Gasteiger partial charge < -0.3 is 9.63 Å². The summed E-state index contributed by atoms with van der Waals surface area (Å²) in [5.74, 6) is 2.33.